The number of Topliss-reactive ketones (excluding diaryl/α,β-unsaturated/α-hetero) is 1. The lowest BCUT2D eigenvalue weighted by Gasteiger charge is -2.30. The van der Waals surface area contributed by atoms with Gasteiger partial charge in [-0.1, -0.05) is 23.8 Å². The molecule has 0 N–H and O–H groups in total. The smallest absolute Gasteiger partial charge is 0.174 e. The van der Waals surface area contributed by atoms with Crippen molar-refractivity contribution in [1.29, 1.82) is 0 Å². The Labute approximate surface area is 262 Å². The lowest BCUT2D eigenvalue weighted by Crippen LogP contribution is -2.37. The lowest BCUT2D eigenvalue weighted by molar-refractivity contribution is 0.0357. The molecule has 5 rings (SSSR count). The van der Waals surface area contributed by atoms with Crippen LogP contribution in [0.25, 0.3) is 0 Å². The minimum Gasteiger partial charge on any atom is -0.496 e. The molecule has 0 spiro atoms. The van der Waals surface area contributed by atoms with Crippen LogP contribution in [-0.4, -0.2) is 102 Å². The minimum atomic E-state index is -0.405. The Morgan fingerprint density at radius 2 is 1.50 bits per heavy atom. The van der Waals surface area contributed by atoms with Gasteiger partial charge in [0.1, 0.15) is 34.7 Å². The number of ketones is 1. The second-order valence-electron chi connectivity index (χ2n) is 11.9. The number of rotatable bonds is 14. The SMILES string of the molecule is COc1cc(OCCCN2CCOCC2)c(CC=C(C)C)c2c1C(=O)CC(c1ccc(OCCCN3CCOCC3)cc1)O2. The highest BCUT2D eigenvalue weighted by Gasteiger charge is 2.34. The number of ether oxygens (including phenoxy) is 6. The van der Waals surface area contributed by atoms with Crippen LogP contribution >= 0.6 is 0 Å². The molecule has 9 heteroatoms. The summed E-state index contributed by atoms with van der Waals surface area (Å²) in [5, 5.41) is 0. The van der Waals surface area contributed by atoms with Crippen molar-refractivity contribution in [2.24, 2.45) is 0 Å². The van der Waals surface area contributed by atoms with E-state index < -0.39 is 6.10 Å². The van der Waals surface area contributed by atoms with Crippen molar-refractivity contribution in [2.45, 2.75) is 45.6 Å². The zero-order chi connectivity index (χ0) is 30.7. The van der Waals surface area contributed by atoms with E-state index >= 15 is 0 Å². The third-order valence-electron chi connectivity index (χ3n) is 8.37. The van der Waals surface area contributed by atoms with Crippen molar-refractivity contribution in [3.8, 4) is 23.0 Å². The first-order valence-electron chi connectivity index (χ1n) is 16.0. The van der Waals surface area contributed by atoms with Gasteiger partial charge in [0, 0.05) is 50.9 Å². The highest BCUT2D eigenvalue weighted by molar-refractivity contribution is 6.03. The summed E-state index contributed by atoms with van der Waals surface area (Å²) >= 11 is 0. The van der Waals surface area contributed by atoms with Gasteiger partial charge in [-0.25, -0.2) is 0 Å². The number of allylic oxidation sites excluding steroid dienone is 2. The predicted octanol–water partition coefficient (Wildman–Crippen LogP) is 5.11. The first-order valence-corrected chi connectivity index (χ1v) is 16.0. The van der Waals surface area contributed by atoms with Crippen LogP contribution in [0, 0.1) is 0 Å². The maximum absolute atomic E-state index is 13.6. The van der Waals surface area contributed by atoms with Crippen molar-refractivity contribution in [1.82, 2.24) is 9.80 Å². The molecule has 2 fully saturated rings. The van der Waals surface area contributed by atoms with Crippen LogP contribution in [0.15, 0.2) is 42.0 Å². The van der Waals surface area contributed by atoms with Gasteiger partial charge in [0.25, 0.3) is 0 Å². The Morgan fingerprint density at radius 3 is 2.09 bits per heavy atom. The van der Waals surface area contributed by atoms with Gasteiger partial charge >= 0.3 is 0 Å². The average Bonchev–Trinajstić information content (AvgIpc) is 3.05. The van der Waals surface area contributed by atoms with Gasteiger partial charge in [-0.15, -0.1) is 0 Å². The zero-order valence-electron chi connectivity index (χ0n) is 26.6. The van der Waals surface area contributed by atoms with Crippen molar-refractivity contribution < 1.29 is 33.2 Å². The number of morpholine rings is 2. The van der Waals surface area contributed by atoms with Gasteiger partial charge in [0.05, 0.1) is 53.2 Å². The second-order valence-corrected chi connectivity index (χ2v) is 11.9. The van der Waals surface area contributed by atoms with E-state index in [9.17, 15) is 4.79 Å². The molecule has 0 bridgehead atoms. The Kier molecular flexibility index (Phi) is 11.9. The molecule has 1 atom stereocenters. The van der Waals surface area contributed by atoms with Gasteiger partial charge in [-0.05, 0) is 50.8 Å². The number of carbonyl (C=O) groups is 1. The maximum Gasteiger partial charge on any atom is 0.174 e. The molecule has 240 valence electrons. The fourth-order valence-electron chi connectivity index (χ4n) is 5.85. The molecular formula is C35H48N2O7. The quantitative estimate of drug-likeness (QED) is 0.215. The summed E-state index contributed by atoms with van der Waals surface area (Å²) in [6, 6.07) is 9.78. The minimum absolute atomic E-state index is 0.00820. The van der Waals surface area contributed by atoms with Crippen LogP contribution in [0.5, 0.6) is 23.0 Å². The van der Waals surface area contributed by atoms with E-state index in [1.54, 1.807) is 7.11 Å². The van der Waals surface area contributed by atoms with Crippen LogP contribution in [0.4, 0.5) is 0 Å². The summed E-state index contributed by atoms with van der Waals surface area (Å²) in [5.41, 5.74) is 3.51. The predicted molar refractivity (Wildman–Crippen MR) is 170 cm³/mol. The van der Waals surface area contributed by atoms with Crippen LogP contribution < -0.4 is 18.9 Å². The van der Waals surface area contributed by atoms with Crippen molar-refractivity contribution in [2.75, 3.05) is 86.0 Å². The van der Waals surface area contributed by atoms with Gasteiger partial charge in [0.2, 0.25) is 0 Å². The van der Waals surface area contributed by atoms with Crippen LogP contribution in [0.3, 0.4) is 0 Å². The summed E-state index contributed by atoms with van der Waals surface area (Å²) in [5.74, 6) is 2.59. The van der Waals surface area contributed by atoms with Crippen LogP contribution in [-0.2, 0) is 15.9 Å². The molecule has 0 aliphatic carbocycles. The number of benzene rings is 2. The molecule has 44 heavy (non-hydrogen) atoms. The number of hydrogen-bond donors (Lipinski definition) is 0. The van der Waals surface area contributed by atoms with Gasteiger partial charge in [-0.2, -0.15) is 0 Å². The molecule has 2 aromatic carbocycles. The van der Waals surface area contributed by atoms with E-state index in [0.717, 1.165) is 95.4 Å². The van der Waals surface area contributed by atoms with E-state index in [0.29, 0.717) is 42.4 Å². The molecule has 2 aromatic rings. The number of fused-ring (bicyclic) bond motifs is 1. The van der Waals surface area contributed by atoms with Crippen LogP contribution in [0.1, 0.15) is 60.7 Å². The third kappa shape index (κ3) is 8.75. The first-order chi connectivity index (χ1) is 21.5. The summed E-state index contributed by atoms with van der Waals surface area (Å²) in [4.78, 5) is 18.4. The molecule has 3 aliphatic heterocycles. The monoisotopic (exact) mass is 608 g/mol. The highest BCUT2D eigenvalue weighted by atomic mass is 16.5. The van der Waals surface area contributed by atoms with E-state index in [1.165, 1.54) is 5.57 Å². The van der Waals surface area contributed by atoms with E-state index in [1.807, 2.05) is 30.3 Å². The Bertz CT molecular complexity index is 1250. The third-order valence-corrected chi connectivity index (χ3v) is 8.37. The summed E-state index contributed by atoms with van der Waals surface area (Å²) in [6.45, 7) is 14.4. The Balaban J connectivity index is 1.27. The average molecular weight is 609 g/mol. The topological polar surface area (TPSA) is 78.9 Å². The van der Waals surface area contributed by atoms with Crippen molar-refractivity contribution in [3.05, 3.63) is 58.7 Å². The molecule has 3 aliphatic rings. The molecule has 1 unspecified atom stereocenters. The number of carbonyl (C=O) groups excluding carboxylic acids is 1. The molecule has 0 radical (unpaired) electrons. The molecular weight excluding hydrogens is 560 g/mol. The maximum atomic E-state index is 13.6. The lowest BCUT2D eigenvalue weighted by atomic mass is 9.92. The number of hydrogen-bond acceptors (Lipinski definition) is 9. The van der Waals surface area contributed by atoms with E-state index in [4.69, 9.17) is 28.4 Å². The summed E-state index contributed by atoms with van der Waals surface area (Å²) < 4.78 is 35.6. The highest BCUT2D eigenvalue weighted by Crippen LogP contribution is 2.46. The largest absolute Gasteiger partial charge is 0.496 e. The molecule has 0 aromatic heterocycles. The number of methoxy groups -OCH3 is 1. The molecule has 2 saturated heterocycles. The Hall–Kier alpha value is -3.11. The number of nitrogens with zero attached hydrogens (tertiary/aromatic N) is 2. The van der Waals surface area contributed by atoms with Gasteiger partial charge < -0.3 is 28.4 Å². The van der Waals surface area contributed by atoms with Gasteiger partial charge in [-0.3, -0.25) is 14.6 Å². The second kappa shape index (κ2) is 16.3. The normalized spacial score (nSPS) is 19.2. The van der Waals surface area contributed by atoms with Crippen molar-refractivity contribution in [3.63, 3.8) is 0 Å². The Morgan fingerprint density at radius 1 is 0.886 bits per heavy atom. The van der Waals surface area contributed by atoms with Gasteiger partial charge in [0.15, 0.2) is 5.78 Å². The summed E-state index contributed by atoms with van der Waals surface area (Å²) in [6.07, 6.45) is 4.44. The fourth-order valence-corrected chi connectivity index (χ4v) is 5.85. The van der Waals surface area contributed by atoms with E-state index in [2.05, 4.69) is 29.7 Å². The molecule has 0 amide bonds. The van der Waals surface area contributed by atoms with Crippen molar-refractivity contribution >= 4 is 5.78 Å². The standard InChI is InChI=1S/C35H48N2O7/c1-26(2)6-11-29-32(43-19-5-13-37-16-22-41-23-17-37)25-33(39-3)34-30(38)24-31(44-35(29)34)27-7-9-28(10-8-27)42-18-4-12-36-14-20-40-21-15-36/h6-10,25,31H,4-5,11-24H2,1-3H3. The first kappa shape index (κ1) is 32.3. The molecule has 3 heterocycles. The summed E-state index contributed by atoms with van der Waals surface area (Å²) in [7, 11) is 1.59. The fraction of sp³-hybridized carbons (Fsp3) is 0.571. The molecule has 0 saturated carbocycles. The molecule has 9 nitrogen and oxygen atoms in total. The van der Waals surface area contributed by atoms with Crippen LogP contribution in [0.2, 0.25) is 0 Å². The zero-order valence-corrected chi connectivity index (χ0v) is 26.6. The van der Waals surface area contributed by atoms with E-state index in [-0.39, 0.29) is 12.2 Å².